The van der Waals surface area contributed by atoms with Gasteiger partial charge in [-0.15, -0.1) is 0 Å². The van der Waals surface area contributed by atoms with Gasteiger partial charge < -0.3 is 13.8 Å². The van der Waals surface area contributed by atoms with Crippen LogP contribution in [0, 0.1) is 0 Å². The molecule has 1 aromatic carbocycles. The summed E-state index contributed by atoms with van der Waals surface area (Å²) >= 11 is 0. The number of rotatable bonds is 8. The molecule has 17 heavy (non-hydrogen) atoms. The van der Waals surface area contributed by atoms with Crippen molar-refractivity contribution >= 4 is 15.0 Å². The summed E-state index contributed by atoms with van der Waals surface area (Å²) in [6.07, 6.45) is 1.27. The zero-order chi connectivity index (χ0) is 12.3. The van der Waals surface area contributed by atoms with Crippen LogP contribution in [-0.4, -0.2) is 19.2 Å². The summed E-state index contributed by atoms with van der Waals surface area (Å²) in [5.41, 5.74) is 0. The van der Waals surface area contributed by atoms with Crippen LogP contribution in [0.3, 0.4) is 0 Å². The fraction of sp³-hybridized carbons (Fsp3) is 0.417. The van der Waals surface area contributed by atoms with Gasteiger partial charge in [0.25, 0.3) is 0 Å². The molecule has 4 nitrogen and oxygen atoms in total. The lowest BCUT2D eigenvalue weighted by molar-refractivity contribution is -0.144. The Bertz CT molecular complexity index is 316. The van der Waals surface area contributed by atoms with Gasteiger partial charge in [0.05, 0.1) is 6.61 Å². The van der Waals surface area contributed by atoms with Crippen LogP contribution in [0.15, 0.2) is 30.3 Å². The molecule has 1 rings (SSSR count). The molecular formula is C12H17O4P. The first-order valence-corrected chi connectivity index (χ1v) is 6.39. The van der Waals surface area contributed by atoms with Gasteiger partial charge in [0.15, 0.2) is 0 Å². The largest absolute Gasteiger partial charge is 0.463 e. The van der Waals surface area contributed by atoms with Gasteiger partial charge in [-0.2, -0.15) is 0 Å². The Morgan fingerprint density at radius 3 is 2.71 bits per heavy atom. The number of carbonyl (C=O) groups excluding carboxylic acids is 1. The number of carbonyl (C=O) groups is 1. The summed E-state index contributed by atoms with van der Waals surface area (Å²) in [6, 6.07) is 9.43. The molecule has 5 heteroatoms. The molecule has 94 valence electrons. The molecule has 0 aromatic heterocycles. The maximum absolute atomic E-state index is 11.0. The SMILES string of the molecule is CCCC(=O)OCCOPOc1ccccc1. The minimum absolute atomic E-state index is 0.0773. The van der Waals surface area contributed by atoms with E-state index >= 15 is 0 Å². The first kappa shape index (κ1) is 13.9. The number of hydrogen-bond acceptors (Lipinski definition) is 4. The van der Waals surface area contributed by atoms with E-state index < -0.39 is 0 Å². The van der Waals surface area contributed by atoms with E-state index in [2.05, 4.69) is 0 Å². The molecule has 1 aromatic rings. The molecule has 0 bridgehead atoms. The van der Waals surface area contributed by atoms with E-state index in [9.17, 15) is 4.79 Å². The Hall–Kier alpha value is -1.12. The fourth-order valence-electron chi connectivity index (χ4n) is 1.08. The first-order chi connectivity index (χ1) is 8.33. The number of ether oxygens (including phenoxy) is 1. The second-order valence-electron chi connectivity index (χ2n) is 3.32. The molecule has 0 spiro atoms. The molecule has 0 aliphatic carbocycles. The smallest absolute Gasteiger partial charge is 0.305 e. The molecule has 0 fully saturated rings. The van der Waals surface area contributed by atoms with Crippen molar-refractivity contribution in [3.05, 3.63) is 30.3 Å². The highest BCUT2D eigenvalue weighted by Crippen LogP contribution is 2.20. The van der Waals surface area contributed by atoms with Crippen molar-refractivity contribution in [2.75, 3.05) is 13.2 Å². The predicted molar refractivity (Wildman–Crippen MR) is 67.2 cm³/mol. The van der Waals surface area contributed by atoms with Crippen molar-refractivity contribution in [2.45, 2.75) is 19.8 Å². The van der Waals surface area contributed by atoms with Crippen LogP contribution in [0.2, 0.25) is 0 Å². The van der Waals surface area contributed by atoms with Gasteiger partial charge in [0, 0.05) is 6.42 Å². The second-order valence-corrected chi connectivity index (χ2v) is 3.98. The third kappa shape index (κ3) is 6.93. The van der Waals surface area contributed by atoms with Crippen molar-refractivity contribution in [1.82, 2.24) is 0 Å². The van der Waals surface area contributed by atoms with Crippen LogP contribution in [0.4, 0.5) is 0 Å². The Kier molecular flexibility index (Phi) is 7.35. The van der Waals surface area contributed by atoms with Crippen LogP contribution in [0.5, 0.6) is 5.75 Å². The minimum atomic E-state index is -0.177. The van der Waals surface area contributed by atoms with E-state index in [0.29, 0.717) is 13.0 Å². The van der Waals surface area contributed by atoms with E-state index in [1.807, 2.05) is 37.3 Å². The first-order valence-electron chi connectivity index (χ1n) is 5.57. The zero-order valence-electron chi connectivity index (χ0n) is 9.85. The summed E-state index contributed by atoms with van der Waals surface area (Å²) in [5.74, 6) is 0.595. The van der Waals surface area contributed by atoms with E-state index in [1.54, 1.807) is 0 Å². The van der Waals surface area contributed by atoms with Crippen molar-refractivity contribution in [3.63, 3.8) is 0 Å². The topological polar surface area (TPSA) is 44.8 Å². The van der Waals surface area contributed by atoms with Crippen molar-refractivity contribution in [2.24, 2.45) is 0 Å². The Morgan fingerprint density at radius 1 is 1.24 bits per heavy atom. The second kappa shape index (κ2) is 8.97. The summed E-state index contributed by atoms with van der Waals surface area (Å²) in [6.45, 7) is 2.58. The monoisotopic (exact) mass is 256 g/mol. The van der Waals surface area contributed by atoms with Crippen molar-refractivity contribution < 1.29 is 18.6 Å². The highest BCUT2D eigenvalue weighted by Gasteiger charge is 1.99. The third-order valence-corrected chi connectivity index (χ3v) is 2.51. The Morgan fingerprint density at radius 2 is 2.00 bits per heavy atom. The maximum Gasteiger partial charge on any atom is 0.305 e. The third-order valence-electron chi connectivity index (χ3n) is 1.86. The zero-order valence-corrected chi connectivity index (χ0v) is 10.8. The normalized spacial score (nSPS) is 10.6. The molecule has 0 saturated heterocycles. The number of hydrogen-bond donors (Lipinski definition) is 0. The van der Waals surface area contributed by atoms with Crippen LogP contribution in [-0.2, 0) is 14.1 Å². The highest BCUT2D eigenvalue weighted by atomic mass is 31.1. The van der Waals surface area contributed by atoms with Gasteiger partial charge in [-0.3, -0.25) is 4.79 Å². The molecule has 0 radical (unpaired) electrons. The van der Waals surface area contributed by atoms with Crippen LogP contribution < -0.4 is 4.52 Å². The van der Waals surface area contributed by atoms with Gasteiger partial charge in [0.1, 0.15) is 12.4 Å². The minimum Gasteiger partial charge on any atom is -0.463 e. The summed E-state index contributed by atoms with van der Waals surface area (Å²) in [4.78, 5) is 11.0. The van der Waals surface area contributed by atoms with Gasteiger partial charge in [-0.05, 0) is 18.6 Å². The van der Waals surface area contributed by atoms with E-state index in [4.69, 9.17) is 13.8 Å². The summed E-state index contributed by atoms with van der Waals surface area (Å²) < 4.78 is 15.4. The Balaban J connectivity index is 1.96. The standard InChI is InChI=1S/C12H17O4P/c1-2-6-12(13)14-9-10-15-17-16-11-7-4-3-5-8-11/h3-5,7-8,17H,2,6,9-10H2,1H3. The molecule has 0 saturated carbocycles. The van der Waals surface area contributed by atoms with Crippen LogP contribution in [0.25, 0.3) is 0 Å². The van der Waals surface area contributed by atoms with Gasteiger partial charge >= 0.3 is 5.97 Å². The number of benzene rings is 1. The van der Waals surface area contributed by atoms with E-state index in [0.717, 1.165) is 12.2 Å². The molecule has 1 atom stereocenters. The average molecular weight is 256 g/mol. The highest BCUT2D eigenvalue weighted by molar-refractivity contribution is 7.26. The molecule has 0 heterocycles. The fourth-order valence-corrected chi connectivity index (χ4v) is 1.54. The van der Waals surface area contributed by atoms with Crippen LogP contribution >= 0.6 is 9.03 Å². The van der Waals surface area contributed by atoms with Crippen molar-refractivity contribution in [3.8, 4) is 5.75 Å². The number of esters is 1. The van der Waals surface area contributed by atoms with Crippen molar-refractivity contribution in [1.29, 1.82) is 0 Å². The molecule has 0 amide bonds. The average Bonchev–Trinajstić information content (AvgIpc) is 2.35. The van der Waals surface area contributed by atoms with Gasteiger partial charge in [-0.1, -0.05) is 25.1 Å². The lowest BCUT2D eigenvalue weighted by Gasteiger charge is -2.06. The maximum atomic E-state index is 11.0. The Labute approximate surface area is 103 Å². The molecule has 0 N–H and O–H groups in total. The molecule has 0 aliphatic rings. The number of para-hydroxylation sites is 1. The predicted octanol–water partition coefficient (Wildman–Crippen LogP) is 2.93. The van der Waals surface area contributed by atoms with E-state index in [-0.39, 0.29) is 21.6 Å². The molecular weight excluding hydrogens is 239 g/mol. The summed E-state index contributed by atoms with van der Waals surface area (Å²) in [5, 5.41) is 0. The van der Waals surface area contributed by atoms with E-state index in [1.165, 1.54) is 0 Å². The molecule has 0 aliphatic heterocycles. The van der Waals surface area contributed by atoms with Crippen LogP contribution in [0.1, 0.15) is 19.8 Å². The quantitative estimate of drug-likeness (QED) is 0.407. The molecule has 1 unspecified atom stereocenters. The lowest BCUT2D eigenvalue weighted by atomic mass is 10.3. The lowest BCUT2D eigenvalue weighted by Crippen LogP contribution is -2.08. The van der Waals surface area contributed by atoms with Gasteiger partial charge in [0.2, 0.25) is 9.03 Å². The summed E-state index contributed by atoms with van der Waals surface area (Å²) in [7, 11) is -0.0773. The van der Waals surface area contributed by atoms with Gasteiger partial charge in [-0.25, -0.2) is 0 Å².